The molecule has 4 heteroatoms. The molecule has 98 valence electrons. The van der Waals surface area contributed by atoms with Gasteiger partial charge in [0.15, 0.2) is 0 Å². The standard InChI is InChI=1S/C13H25N3O/c1-3-4-13(9-14)16-7-5-15(6-8-16)10-12(2)11-17/h12-13,17H,3-8,10-11H2,1-2H3. The van der Waals surface area contributed by atoms with Gasteiger partial charge in [-0.15, -0.1) is 0 Å². The smallest absolute Gasteiger partial charge is 0.0978 e. The number of piperazine rings is 1. The van der Waals surface area contributed by atoms with E-state index in [9.17, 15) is 0 Å². The van der Waals surface area contributed by atoms with E-state index in [1.54, 1.807) is 0 Å². The molecule has 0 spiro atoms. The highest BCUT2D eigenvalue weighted by Crippen LogP contribution is 2.11. The molecule has 0 aliphatic carbocycles. The molecule has 2 unspecified atom stereocenters. The van der Waals surface area contributed by atoms with Crippen LogP contribution >= 0.6 is 0 Å². The van der Waals surface area contributed by atoms with Crippen LogP contribution in [0, 0.1) is 17.2 Å². The number of aliphatic hydroxyl groups excluding tert-OH is 1. The predicted molar refractivity (Wildman–Crippen MR) is 68.6 cm³/mol. The molecule has 1 aliphatic rings. The molecule has 4 nitrogen and oxygen atoms in total. The van der Waals surface area contributed by atoms with E-state index in [-0.39, 0.29) is 12.6 Å². The molecule has 0 saturated carbocycles. The van der Waals surface area contributed by atoms with E-state index in [2.05, 4.69) is 29.7 Å². The molecule has 0 radical (unpaired) electrons. The minimum Gasteiger partial charge on any atom is -0.396 e. The molecule has 0 aromatic heterocycles. The van der Waals surface area contributed by atoms with Gasteiger partial charge in [-0.3, -0.25) is 4.90 Å². The molecule has 0 aromatic carbocycles. The highest BCUT2D eigenvalue weighted by atomic mass is 16.3. The first-order chi connectivity index (χ1) is 8.21. The lowest BCUT2D eigenvalue weighted by molar-refractivity contribution is 0.0899. The van der Waals surface area contributed by atoms with Crippen molar-refractivity contribution in [2.75, 3.05) is 39.3 Å². The second-order valence-electron chi connectivity index (χ2n) is 5.06. The Hall–Kier alpha value is -0.630. The number of nitrogens with zero attached hydrogens (tertiary/aromatic N) is 3. The Morgan fingerprint density at radius 2 is 1.94 bits per heavy atom. The summed E-state index contributed by atoms with van der Waals surface area (Å²) in [6.45, 7) is 9.43. The Morgan fingerprint density at radius 3 is 2.41 bits per heavy atom. The van der Waals surface area contributed by atoms with E-state index in [4.69, 9.17) is 10.4 Å². The van der Waals surface area contributed by atoms with E-state index in [0.717, 1.165) is 45.6 Å². The van der Waals surface area contributed by atoms with Crippen molar-refractivity contribution < 1.29 is 5.11 Å². The van der Waals surface area contributed by atoms with Crippen LogP contribution in [0.25, 0.3) is 0 Å². The van der Waals surface area contributed by atoms with Crippen LogP contribution in [0.3, 0.4) is 0 Å². The first kappa shape index (κ1) is 14.4. The van der Waals surface area contributed by atoms with E-state index in [1.807, 2.05) is 0 Å². The second-order valence-corrected chi connectivity index (χ2v) is 5.06. The maximum Gasteiger partial charge on any atom is 0.0978 e. The molecule has 1 N–H and O–H groups in total. The summed E-state index contributed by atoms with van der Waals surface area (Å²) >= 11 is 0. The lowest BCUT2D eigenvalue weighted by Crippen LogP contribution is -2.50. The summed E-state index contributed by atoms with van der Waals surface area (Å²) in [4.78, 5) is 4.68. The number of hydrogen-bond donors (Lipinski definition) is 1. The van der Waals surface area contributed by atoms with Gasteiger partial charge in [0, 0.05) is 39.3 Å². The van der Waals surface area contributed by atoms with Crippen molar-refractivity contribution in [1.82, 2.24) is 9.80 Å². The highest BCUT2D eigenvalue weighted by Gasteiger charge is 2.23. The summed E-state index contributed by atoms with van der Waals surface area (Å²) < 4.78 is 0. The van der Waals surface area contributed by atoms with Gasteiger partial charge in [0.25, 0.3) is 0 Å². The van der Waals surface area contributed by atoms with Crippen molar-refractivity contribution in [1.29, 1.82) is 5.26 Å². The van der Waals surface area contributed by atoms with Gasteiger partial charge in [0.05, 0.1) is 12.1 Å². The van der Waals surface area contributed by atoms with Crippen LogP contribution < -0.4 is 0 Å². The van der Waals surface area contributed by atoms with Gasteiger partial charge >= 0.3 is 0 Å². The molecule has 17 heavy (non-hydrogen) atoms. The zero-order valence-electron chi connectivity index (χ0n) is 11.1. The number of nitriles is 1. The third-order valence-corrected chi connectivity index (χ3v) is 3.44. The lowest BCUT2D eigenvalue weighted by atomic mass is 10.1. The van der Waals surface area contributed by atoms with Gasteiger partial charge in [0.1, 0.15) is 0 Å². The normalized spacial score (nSPS) is 22.0. The topological polar surface area (TPSA) is 50.5 Å². The van der Waals surface area contributed by atoms with Gasteiger partial charge in [-0.25, -0.2) is 0 Å². The van der Waals surface area contributed by atoms with Crippen molar-refractivity contribution in [3.05, 3.63) is 0 Å². The van der Waals surface area contributed by atoms with Crippen LogP contribution in [0.15, 0.2) is 0 Å². The molecule has 1 aliphatic heterocycles. The Labute approximate surface area is 105 Å². The van der Waals surface area contributed by atoms with Crippen LogP contribution in [0.2, 0.25) is 0 Å². The first-order valence-electron chi connectivity index (χ1n) is 6.68. The summed E-state index contributed by atoms with van der Waals surface area (Å²) in [5.74, 6) is 0.351. The van der Waals surface area contributed by atoms with Crippen molar-refractivity contribution >= 4 is 0 Å². The zero-order valence-corrected chi connectivity index (χ0v) is 11.1. The predicted octanol–water partition coefficient (Wildman–Crippen LogP) is 0.925. The largest absolute Gasteiger partial charge is 0.396 e. The van der Waals surface area contributed by atoms with Crippen molar-refractivity contribution in [3.8, 4) is 6.07 Å². The average molecular weight is 239 g/mol. The van der Waals surface area contributed by atoms with Crippen LogP contribution in [0.1, 0.15) is 26.7 Å². The molecule has 1 saturated heterocycles. The SMILES string of the molecule is CCCC(C#N)N1CCN(CC(C)CO)CC1. The molecule has 1 rings (SSSR count). The fraction of sp³-hybridized carbons (Fsp3) is 0.923. The summed E-state index contributed by atoms with van der Waals surface area (Å²) in [6, 6.07) is 2.50. The Kier molecular flexibility index (Phi) is 6.49. The monoisotopic (exact) mass is 239 g/mol. The molecular weight excluding hydrogens is 214 g/mol. The van der Waals surface area contributed by atoms with Crippen LogP contribution in [0.5, 0.6) is 0 Å². The van der Waals surface area contributed by atoms with Gasteiger partial charge in [-0.2, -0.15) is 5.26 Å². The zero-order chi connectivity index (χ0) is 12.7. The average Bonchev–Trinajstić information content (AvgIpc) is 2.37. The quantitative estimate of drug-likeness (QED) is 0.749. The molecule has 2 atom stereocenters. The van der Waals surface area contributed by atoms with Gasteiger partial charge < -0.3 is 10.0 Å². The number of hydrogen-bond acceptors (Lipinski definition) is 4. The van der Waals surface area contributed by atoms with Crippen LogP contribution in [-0.4, -0.2) is 60.3 Å². The fourth-order valence-corrected chi connectivity index (χ4v) is 2.36. The van der Waals surface area contributed by atoms with E-state index in [1.165, 1.54) is 0 Å². The maximum atomic E-state index is 9.12. The van der Waals surface area contributed by atoms with E-state index < -0.39 is 0 Å². The number of aliphatic hydroxyl groups is 1. The third-order valence-electron chi connectivity index (χ3n) is 3.44. The van der Waals surface area contributed by atoms with Crippen molar-refractivity contribution in [2.45, 2.75) is 32.7 Å². The molecule has 0 amide bonds. The minimum atomic E-state index is 0.0948. The van der Waals surface area contributed by atoms with Crippen LogP contribution in [-0.2, 0) is 0 Å². The summed E-state index contributed by atoms with van der Waals surface area (Å²) in [7, 11) is 0. The molecular formula is C13H25N3O. The van der Waals surface area contributed by atoms with Gasteiger partial charge in [0.2, 0.25) is 0 Å². The van der Waals surface area contributed by atoms with E-state index >= 15 is 0 Å². The second kappa shape index (κ2) is 7.65. The summed E-state index contributed by atoms with van der Waals surface area (Å²) in [6.07, 6.45) is 2.05. The van der Waals surface area contributed by atoms with E-state index in [0.29, 0.717) is 5.92 Å². The van der Waals surface area contributed by atoms with Gasteiger partial charge in [-0.1, -0.05) is 20.3 Å². The Morgan fingerprint density at radius 1 is 1.29 bits per heavy atom. The van der Waals surface area contributed by atoms with Gasteiger partial charge in [-0.05, 0) is 12.3 Å². The maximum absolute atomic E-state index is 9.12. The molecule has 0 bridgehead atoms. The Bertz CT molecular complexity index is 244. The number of rotatable bonds is 6. The Balaban J connectivity index is 2.32. The minimum absolute atomic E-state index is 0.0948. The van der Waals surface area contributed by atoms with Crippen LogP contribution in [0.4, 0.5) is 0 Å². The first-order valence-corrected chi connectivity index (χ1v) is 6.68. The van der Waals surface area contributed by atoms with Crippen molar-refractivity contribution in [3.63, 3.8) is 0 Å². The molecule has 0 aromatic rings. The fourth-order valence-electron chi connectivity index (χ4n) is 2.36. The summed E-state index contributed by atoms with van der Waals surface area (Å²) in [5, 5.41) is 18.2. The highest BCUT2D eigenvalue weighted by molar-refractivity contribution is 4.93. The molecule has 1 heterocycles. The third kappa shape index (κ3) is 4.63. The lowest BCUT2D eigenvalue weighted by Gasteiger charge is -2.37. The van der Waals surface area contributed by atoms with Crippen molar-refractivity contribution in [2.24, 2.45) is 5.92 Å². The molecule has 1 fully saturated rings. The summed E-state index contributed by atoms with van der Waals surface area (Å²) in [5.41, 5.74) is 0.